The molecule has 0 unspecified atom stereocenters. The summed E-state index contributed by atoms with van der Waals surface area (Å²) < 4.78 is 11.5. The van der Waals surface area contributed by atoms with Crippen LogP contribution >= 0.6 is 15.9 Å². The van der Waals surface area contributed by atoms with Gasteiger partial charge in [0.2, 0.25) is 0 Å². The minimum Gasteiger partial charge on any atom is -0.496 e. The number of hydrogen-bond acceptors (Lipinski definition) is 3. The molecule has 1 rings (SSSR count). The van der Waals surface area contributed by atoms with E-state index in [1.165, 1.54) is 0 Å². The molecule has 0 saturated heterocycles. The van der Waals surface area contributed by atoms with E-state index in [4.69, 9.17) is 9.47 Å². The van der Waals surface area contributed by atoms with Crippen molar-refractivity contribution in [2.24, 2.45) is 0 Å². The molecular weight excluding hydrogens is 272 g/mol. The smallest absolute Gasteiger partial charge is 0.126 e. The first-order valence-electron chi connectivity index (χ1n) is 5.17. The van der Waals surface area contributed by atoms with Crippen molar-refractivity contribution >= 4 is 15.9 Å². The first-order chi connectivity index (χ1) is 7.58. The number of ether oxygens (including phenoxy) is 2. The molecule has 0 aliphatic rings. The van der Waals surface area contributed by atoms with Gasteiger partial charge >= 0.3 is 0 Å². The number of aliphatic hydroxyl groups is 1. The molecule has 0 bridgehead atoms. The van der Waals surface area contributed by atoms with Crippen LogP contribution in [0.3, 0.4) is 0 Å². The molecule has 3 nitrogen and oxygen atoms in total. The van der Waals surface area contributed by atoms with Crippen LogP contribution in [0.4, 0.5) is 0 Å². The Morgan fingerprint density at radius 2 is 1.75 bits per heavy atom. The van der Waals surface area contributed by atoms with Gasteiger partial charge in [-0.2, -0.15) is 0 Å². The van der Waals surface area contributed by atoms with E-state index in [0.717, 1.165) is 28.0 Å². The average molecular weight is 289 g/mol. The number of methoxy groups -OCH3 is 2. The summed E-state index contributed by atoms with van der Waals surface area (Å²) in [6.45, 7) is 1.78. The molecule has 1 N–H and O–H groups in total. The largest absolute Gasteiger partial charge is 0.496 e. The number of benzene rings is 1. The Bertz CT molecular complexity index is 325. The third-order valence-corrected chi connectivity index (χ3v) is 2.84. The van der Waals surface area contributed by atoms with Crippen LogP contribution in [-0.4, -0.2) is 25.4 Å². The van der Waals surface area contributed by atoms with Gasteiger partial charge in [0, 0.05) is 10.0 Å². The zero-order chi connectivity index (χ0) is 12.1. The molecule has 1 aromatic rings. The predicted molar refractivity (Wildman–Crippen MR) is 67.2 cm³/mol. The van der Waals surface area contributed by atoms with Gasteiger partial charge in [0.25, 0.3) is 0 Å². The number of hydrogen-bond donors (Lipinski definition) is 1. The van der Waals surface area contributed by atoms with Crippen molar-refractivity contribution in [1.82, 2.24) is 0 Å². The van der Waals surface area contributed by atoms with Crippen molar-refractivity contribution in [1.29, 1.82) is 0 Å². The average Bonchev–Trinajstić information content (AvgIpc) is 2.25. The molecule has 16 heavy (non-hydrogen) atoms. The van der Waals surface area contributed by atoms with Crippen LogP contribution in [0.25, 0.3) is 0 Å². The number of halogens is 1. The molecule has 0 spiro atoms. The van der Waals surface area contributed by atoms with E-state index in [1.54, 1.807) is 21.1 Å². The van der Waals surface area contributed by atoms with Crippen molar-refractivity contribution < 1.29 is 14.6 Å². The molecule has 0 aromatic heterocycles. The highest BCUT2D eigenvalue weighted by atomic mass is 79.9. The van der Waals surface area contributed by atoms with Crippen molar-refractivity contribution in [3.05, 3.63) is 22.2 Å². The van der Waals surface area contributed by atoms with Crippen LogP contribution in [0.2, 0.25) is 0 Å². The third kappa shape index (κ3) is 3.39. The van der Waals surface area contributed by atoms with Crippen LogP contribution < -0.4 is 9.47 Å². The maximum atomic E-state index is 9.30. The molecule has 4 heteroatoms. The summed E-state index contributed by atoms with van der Waals surface area (Å²) in [6.07, 6.45) is 1.10. The van der Waals surface area contributed by atoms with E-state index >= 15 is 0 Å². The number of aliphatic hydroxyl groups excluding tert-OH is 1. The second kappa shape index (κ2) is 6.11. The summed E-state index contributed by atoms with van der Waals surface area (Å²) in [5, 5.41) is 9.30. The van der Waals surface area contributed by atoms with Gasteiger partial charge in [-0.25, -0.2) is 0 Å². The summed E-state index contributed by atoms with van der Waals surface area (Å²) in [4.78, 5) is 0. The third-order valence-electron chi connectivity index (χ3n) is 2.38. The second-order valence-electron chi connectivity index (χ2n) is 3.68. The Morgan fingerprint density at radius 1 is 1.25 bits per heavy atom. The van der Waals surface area contributed by atoms with E-state index in [2.05, 4.69) is 15.9 Å². The summed E-state index contributed by atoms with van der Waals surface area (Å²) in [5.74, 6) is 1.57. The summed E-state index contributed by atoms with van der Waals surface area (Å²) in [6, 6.07) is 3.81. The van der Waals surface area contributed by atoms with E-state index in [1.807, 2.05) is 12.1 Å². The Hall–Kier alpha value is -0.740. The summed E-state index contributed by atoms with van der Waals surface area (Å²) in [5.41, 5.74) is 0.995. The Balaban J connectivity index is 3.02. The van der Waals surface area contributed by atoms with Gasteiger partial charge in [-0.15, -0.1) is 0 Å². The monoisotopic (exact) mass is 288 g/mol. The first-order valence-corrected chi connectivity index (χ1v) is 5.96. The molecule has 1 aromatic carbocycles. The quantitative estimate of drug-likeness (QED) is 0.906. The highest BCUT2D eigenvalue weighted by Crippen LogP contribution is 2.33. The predicted octanol–water partition coefficient (Wildman–Crippen LogP) is 2.78. The molecule has 0 heterocycles. The molecule has 0 amide bonds. The highest BCUT2D eigenvalue weighted by molar-refractivity contribution is 9.10. The maximum absolute atomic E-state index is 9.30. The van der Waals surface area contributed by atoms with Gasteiger partial charge in [0.05, 0.1) is 20.3 Å². The Morgan fingerprint density at radius 3 is 2.12 bits per heavy atom. The fraction of sp³-hybridized carbons (Fsp3) is 0.500. The van der Waals surface area contributed by atoms with E-state index in [9.17, 15) is 5.11 Å². The van der Waals surface area contributed by atoms with Gasteiger partial charge in [-0.3, -0.25) is 0 Å². The fourth-order valence-corrected chi connectivity index (χ4v) is 1.97. The fourth-order valence-electron chi connectivity index (χ4n) is 1.55. The minimum atomic E-state index is -0.321. The molecule has 1 atom stereocenters. The van der Waals surface area contributed by atoms with Crippen molar-refractivity contribution in [3.8, 4) is 11.5 Å². The van der Waals surface area contributed by atoms with Gasteiger partial charge in [-0.1, -0.05) is 15.9 Å². The van der Waals surface area contributed by atoms with Crippen molar-refractivity contribution in [2.45, 2.75) is 25.9 Å². The SMILES string of the molecule is COc1cc(Br)cc(OC)c1CC[C@@H](C)O. The highest BCUT2D eigenvalue weighted by Gasteiger charge is 2.12. The normalized spacial score (nSPS) is 12.3. The molecule has 90 valence electrons. The van der Waals surface area contributed by atoms with E-state index < -0.39 is 0 Å². The molecular formula is C12H17BrO3. The van der Waals surface area contributed by atoms with Crippen molar-refractivity contribution in [2.75, 3.05) is 14.2 Å². The van der Waals surface area contributed by atoms with E-state index in [-0.39, 0.29) is 6.10 Å². The lowest BCUT2D eigenvalue weighted by Crippen LogP contribution is -2.04. The van der Waals surface area contributed by atoms with Crippen LogP contribution in [-0.2, 0) is 6.42 Å². The zero-order valence-electron chi connectivity index (χ0n) is 9.79. The van der Waals surface area contributed by atoms with Gasteiger partial charge in [0.1, 0.15) is 11.5 Å². The maximum Gasteiger partial charge on any atom is 0.126 e. The Kier molecular flexibility index (Phi) is 5.09. The van der Waals surface area contributed by atoms with Gasteiger partial charge < -0.3 is 14.6 Å². The first kappa shape index (κ1) is 13.3. The molecule has 0 aliphatic carbocycles. The van der Waals surface area contributed by atoms with Crippen LogP contribution in [0.15, 0.2) is 16.6 Å². The topological polar surface area (TPSA) is 38.7 Å². The van der Waals surface area contributed by atoms with Gasteiger partial charge in [-0.05, 0) is 31.9 Å². The lowest BCUT2D eigenvalue weighted by molar-refractivity contribution is 0.184. The summed E-state index contributed by atoms with van der Waals surface area (Å²) in [7, 11) is 3.26. The van der Waals surface area contributed by atoms with E-state index in [0.29, 0.717) is 6.42 Å². The molecule has 0 fully saturated rings. The van der Waals surface area contributed by atoms with Gasteiger partial charge in [0.15, 0.2) is 0 Å². The Labute approximate surface area is 105 Å². The van der Waals surface area contributed by atoms with Crippen LogP contribution in [0.5, 0.6) is 11.5 Å². The zero-order valence-corrected chi connectivity index (χ0v) is 11.4. The number of rotatable bonds is 5. The second-order valence-corrected chi connectivity index (χ2v) is 4.59. The van der Waals surface area contributed by atoms with Crippen LogP contribution in [0, 0.1) is 0 Å². The standard InChI is InChI=1S/C12H17BrO3/c1-8(14)4-5-10-11(15-2)6-9(13)7-12(10)16-3/h6-8,14H,4-5H2,1-3H3/t8-/m1/s1. The summed E-state index contributed by atoms with van der Waals surface area (Å²) >= 11 is 3.40. The van der Waals surface area contributed by atoms with Crippen molar-refractivity contribution in [3.63, 3.8) is 0 Å². The van der Waals surface area contributed by atoms with Crippen LogP contribution in [0.1, 0.15) is 18.9 Å². The lowest BCUT2D eigenvalue weighted by Gasteiger charge is -2.14. The minimum absolute atomic E-state index is 0.321. The molecule has 0 aliphatic heterocycles. The lowest BCUT2D eigenvalue weighted by atomic mass is 10.1. The molecule has 0 saturated carbocycles. The molecule has 0 radical (unpaired) electrons.